The predicted molar refractivity (Wildman–Crippen MR) is 112 cm³/mol. The summed E-state index contributed by atoms with van der Waals surface area (Å²) in [6, 6.07) is 13.5. The fraction of sp³-hybridized carbons (Fsp3) is 0.250. The Labute approximate surface area is 169 Å². The third kappa shape index (κ3) is 3.73. The molecule has 5 heteroatoms. The summed E-state index contributed by atoms with van der Waals surface area (Å²) in [7, 11) is 0. The van der Waals surface area contributed by atoms with Crippen LogP contribution in [0.15, 0.2) is 48.5 Å². The molecule has 1 heterocycles. The van der Waals surface area contributed by atoms with Gasteiger partial charge < -0.3 is 9.30 Å². The molecule has 3 rings (SSSR count). The highest BCUT2D eigenvalue weighted by Crippen LogP contribution is 2.42. The van der Waals surface area contributed by atoms with Crippen LogP contribution in [0.1, 0.15) is 53.4 Å². The van der Waals surface area contributed by atoms with Crippen LogP contribution in [0.2, 0.25) is 0 Å². The third-order valence-corrected chi connectivity index (χ3v) is 4.89. The zero-order valence-corrected chi connectivity index (χ0v) is 17.0. The van der Waals surface area contributed by atoms with Crippen molar-refractivity contribution < 1.29 is 18.7 Å². The molecule has 0 aliphatic carbocycles. The summed E-state index contributed by atoms with van der Waals surface area (Å²) in [6.07, 6.45) is 0.753. The topological polar surface area (TPSA) is 48.3 Å². The molecule has 0 fully saturated rings. The van der Waals surface area contributed by atoms with Crippen LogP contribution in [0.5, 0.6) is 0 Å². The first-order chi connectivity index (χ1) is 13.9. The smallest absolute Gasteiger partial charge is 0.355 e. The lowest BCUT2D eigenvalue weighted by Gasteiger charge is -2.15. The maximum atomic E-state index is 13.6. The van der Waals surface area contributed by atoms with Crippen LogP contribution >= 0.6 is 0 Å². The van der Waals surface area contributed by atoms with Crippen molar-refractivity contribution in [3.8, 4) is 22.3 Å². The van der Waals surface area contributed by atoms with Gasteiger partial charge in [0.2, 0.25) is 0 Å². The third-order valence-electron chi connectivity index (χ3n) is 4.89. The number of hydrogen-bond donors (Lipinski definition) is 0. The number of aromatic nitrogens is 1. The predicted octanol–water partition coefficient (Wildman–Crippen LogP) is 5.84. The Morgan fingerprint density at radius 2 is 1.76 bits per heavy atom. The summed E-state index contributed by atoms with van der Waals surface area (Å²) in [4.78, 5) is 25.2. The van der Waals surface area contributed by atoms with Crippen molar-refractivity contribution in [1.29, 1.82) is 0 Å². The van der Waals surface area contributed by atoms with Crippen LogP contribution in [0, 0.1) is 12.7 Å². The normalized spacial score (nSPS) is 11.0. The largest absolute Gasteiger partial charge is 0.461 e. The molecule has 0 saturated carbocycles. The van der Waals surface area contributed by atoms with E-state index in [1.165, 1.54) is 12.1 Å². The van der Waals surface area contributed by atoms with E-state index >= 15 is 0 Å². The zero-order valence-electron chi connectivity index (χ0n) is 17.0. The van der Waals surface area contributed by atoms with Gasteiger partial charge in [-0.3, -0.25) is 4.79 Å². The minimum absolute atomic E-state index is 0.161. The second-order valence-electron chi connectivity index (χ2n) is 7.11. The number of benzene rings is 2. The summed E-state index contributed by atoms with van der Waals surface area (Å²) in [6.45, 7) is 7.73. The van der Waals surface area contributed by atoms with E-state index in [1.807, 2.05) is 45.0 Å². The average Bonchev–Trinajstić information content (AvgIpc) is 3.04. The molecule has 0 unspecified atom stereocenters. The van der Waals surface area contributed by atoms with Gasteiger partial charge in [0.25, 0.3) is 0 Å². The van der Waals surface area contributed by atoms with Crippen molar-refractivity contribution >= 4 is 12.3 Å². The maximum Gasteiger partial charge on any atom is 0.355 e. The maximum absolute atomic E-state index is 13.6. The van der Waals surface area contributed by atoms with Gasteiger partial charge in [0.05, 0.1) is 12.3 Å². The highest BCUT2D eigenvalue weighted by molar-refractivity contribution is 6.07. The Morgan fingerprint density at radius 1 is 1.10 bits per heavy atom. The molecule has 150 valence electrons. The fourth-order valence-electron chi connectivity index (χ4n) is 3.68. The molecule has 0 N–H and O–H groups in total. The van der Waals surface area contributed by atoms with E-state index in [2.05, 4.69) is 0 Å². The van der Waals surface area contributed by atoms with Crippen molar-refractivity contribution in [2.24, 2.45) is 0 Å². The molecule has 0 aliphatic rings. The lowest BCUT2D eigenvalue weighted by Crippen LogP contribution is -2.16. The number of ether oxygens (including phenoxy) is 1. The fourth-order valence-corrected chi connectivity index (χ4v) is 3.68. The van der Waals surface area contributed by atoms with Crippen molar-refractivity contribution in [3.63, 3.8) is 0 Å². The van der Waals surface area contributed by atoms with Gasteiger partial charge in [-0.15, -0.1) is 0 Å². The molecule has 3 aromatic rings. The van der Waals surface area contributed by atoms with Gasteiger partial charge in [-0.05, 0) is 56.5 Å². The van der Waals surface area contributed by atoms with E-state index in [0.29, 0.717) is 28.1 Å². The minimum Gasteiger partial charge on any atom is -0.461 e. The first kappa shape index (κ1) is 20.5. The molecule has 0 aliphatic heterocycles. The second kappa shape index (κ2) is 8.43. The Morgan fingerprint density at radius 3 is 2.31 bits per heavy atom. The lowest BCUT2D eigenvalue weighted by atomic mass is 9.92. The van der Waals surface area contributed by atoms with E-state index in [9.17, 15) is 14.0 Å². The van der Waals surface area contributed by atoms with E-state index < -0.39 is 5.97 Å². The first-order valence-electron chi connectivity index (χ1n) is 9.63. The highest BCUT2D eigenvalue weighted by atomic mass is 19.1. The molecule has 29 heavy (non-hydrogen) atoms. The molecule has 0 amide bonds. The second-order valence-corrected chi connectivity index (χ2v) is 7.11. The number of aryl methyl sites for hydroxylation is 1. The number of esters is 1. The molecule has 0 bridgehead atoms. The molecule has 2 aromatic carbocycles. The lowest BCUT2D eigenvalue weighted by molar-refractivity contribution is 0.0513. The highest BCUT2D eigenvalue weighted by Gasteiger charge is 2.31. The SMILES string of the molecule is CCOC(=O)c1c(-c2ccccc2C)c(-c2ccc(F)cc2)c(C=O)n1C(C)C. The summed E-state index contributed by atoms with van der Waals surface area (Å²) in [5.74, 6) is -0.858. The van der Waals surface area contributed by atoms with E-state index in [0.717, 1.165) is 17.4 Å². The number of carbonyl (C=O) groups is 2. The van der Waals surface area contributed by atoms with Crippen molar-refractivity contribution in [3.05, 3.63) is 71.3 Å². The Hall–Kier alpha value is -3.21. The van der Waals surface area contributed by atoms with Crippen molar-refractivity contribution in [2.75, 3.05) is 6.61 Å². The van der Waals surface area contributed by atoms with Gasteiger partial charge in [0.15, 0.2) is 6.29 Å². The first-order valence-corrected chi connectivity index (χ1v) is 9.63. The molecular weight excluding hydrogens is 369 g/mol. The standard InChI is InChI=1S/C24H24FNO3/c1-5-29-24(28)23-22(19-9-7-6-8-16(19)4)21(17-10-12-18(25)13-11-17)20(14-27)26(23)15(2)3/h6-15H,5H2,1-4H3. The van der Waals surface area contributed by atoms with Crippen LogP contribution in [-0.2, 0) is 4.74 Å². The van der Waals surface area contributed by atoms with Crippen LogP contribution in [0.25, 0.3) is 22.3 Å². The van der Waals surface area contributed by atoms with E-state index in [4.69, 9.17) is 4.74 Å². The Kier molecular flexibility index (Phi) is 5.97. The van der Waals surface area contributed by atoms with Gasteiger partial charge in [-0.2, -0.15) is 0 Å². The molecule has 4 nitrogen and oxygen atoms in total. The zero-order chi connectivity index (χ0) is 21.1. The summed E-state index contributed by atoms with van der Waals surface area (Å²) in [5.41, 5.74) is 4.38. The number of carbonyl (C=O) groups excluding carboxylic acids is 2. The average molecular weight is 393 g/mol. The van der Waals surface area contributed by atoms with Gasteiger partial charge in [-0.25, -0.2) is 9.18 Å². The van der Waals surface area contributed by atoms with Crippen molar-refractivity contribution in [1.82, 2.24) is 4.57 Å². The van der Waals surface area contributed by atoms with Gasteiger partial charge in [0, 0.05) is 17.2 Å². The number of halogens is 1. The van der Waals surface area contributed by atoms with Gasteiger partial charge >= 0.3 is 5.97 Å². The van der Waals surface area contributed by atoms with Crippen molar-refractivity contribution in [2.45, 2.75) is 33.7 Å². The van der Waals surface area contributed by atoms with E-state index in [1.54, 1.807) is 23.6 Å². The van der Waals surface area contributed by atoms with Crippen LogP contribution in [-0.4, -0.2) is 23.4 Å². The molecule has 0 atom stereocenters. The van der Waals surface area contributed by atoms with Gasteiger partial charge in [0.1, 0.15) is 11.5 Å². The summed E-state index contributed by atoms with van der Waals surface area (Å²) in [5, 5.41) is 0. The van der Waals surface area contributed by atoms with Gasteiger partial charge in [-0.1, -0.05) is 36.4 Å². The Bertz CT molecular complexity index is 1050. The molecule has 0 spiro atoms. The van der Waals surface area contributed by atoms with Crippen LogP contribution in [0.3, 0.4) is 0 Å². The number of aldehydes is 1. The van der Waals surface area contributed by atoms with Crippen LogP contribution < -0.4 is 0 Å². The quantitative estimate of drug-likeness (QED) is 0.390. The van der Waals surface area contributed by atoms with E-state index in [-0.39, 0.29) is 18.5 Å². The monoisotopic (exact) mass is 393 g/mol. The minimum atomic E-state index is -0.490. The molecule has 1 aromatic heterocycles. The number of hydrogen-bond acceptors (Lipinski definition) is 3. The number of nitrogens with zero attached hydrogens (tertiary/aromatic N) is 1. The summed E-state index contributed by atoms with van der Waals surface area (Å²) < 4.78 is 20.6. The summed E-state index contributed by atoms with van der Waals surface area (Å²) >= 11 is 0. The number of rotatable bonds is 6. The molecular formula is C24H24FNO3. The van der Waals surface area contributed by atoms with Crippen LogP contribution in [0.4, 0.5) is 4.39 Å². The molecule has 0 radical (unpaired) electrons. The molecule has 0 saturated heterocycles. The Balaban J connectivity index is 2.50.